The van der Waals surface area contributed by atoms with Gasteiger partial charge in [0.1, 0.15) is 5.82 Å². The topological polar surface area (TPSA) is 106 Å². The molecule has 1 aromatic rings. The first-order valence-electron chi connectivity index (χ1n) is 6.87. The predicted molar refractivity (Wildman–Crippen MR) is 79.9 cm³/mol. The molecule has 116 valence electrons. The molecule has 0 aliphatic carbocycles. The lowest BCUT2D eigenvalue weighted by atomic mass is 10.2. The standard InChI is InChI=1S/C14H22N4O3/c1-3-11-8-10(9-12(15)18-11)14(20)17-5-4-13(19)16-6-7-21-2/h8-9H,3-7H2,1-2H3,(H2,15,18)(H,16,19)(H,17,20). The van der Waals surface area contributed by atoms with Gasteiger partial charge in [-0.1, -0.05) is 6.92 Å². The van der Waals surface area contributed by atoms with Gasteiger partial charge in [0.2, 0.25) is 5.91 Å². The molecule has 0 saturated heterocycles. The molecule has 0 radical (unpaired) electrons. The number of aromatic nitrogens is 1. The van der Waals surface area contributed by atoms with E-state index in [2.05, 4.69) is 15.6 Å². The number of hydrogen-bond donors (Lipinski definition) is 3. The van der Waals surface area contributed by atoms with Crippen LogP contribution in [-0.2, 0) is 16.0 Å². The highest BCUT2D eigenvalue weighted by atomic mass is 16.5. The summed E-state index contributed by atoms with van der Waals surface area (Å²) in [5.41, 5.74) is 6.87. The Morgan fingerprint density at radius 1 is 1.29 bits per heavy atom. The van der Waals surface area contributed by atoms with Gasteiger partial charge < -0.3 is 21.1 Å². The first kappa shape index (κ1) is 16.9. The quantitative estimate of drug-likeness (QED) is 0.590. The van der Waals surface area contributed by atoms with Gasteiger partial charge in [0, 0.05) is 37.9 Å². The Balaban J connectivity index is 2.40. The van der Waals surface area contributed by atoms with Gasteiger partial charge in [0.25, 0.3) is 5.91 Å². The number of carbonyl (C=O) groups excluding carboxylic acids is 2. The molecule has 0 aliphatic heterocycles. The summed E-state index contributed by atoms with van der Waals surface area (Å²) < 4.78 is 4.82. The lowest BCUT2D eigenvalue weighted by Gasteiger charge is -2.08. The van der Waals surface area contributed by atoms with Gasteiger partial charge in [0.15, 0.2) is 0 Å². The molecular weight excluding hydrogens is 272 g/mol. The fourth-order valence-electron chi connectivity index (χ4n) is 1.70. The molecule has 0 atom stereocenters. The largest absolute Gasteiger partial charge is 0.384 e. The number of hydrogen-bond acceptors (Lipinski definition) is 5. The Hall–Kier alpha value is -2.15. The third-order valence-corrected chi connectivity index (χ3v) is 2.79. The number of nitrogens with one attached hydrogen (secondary N) is 2. The number of ether oxygens (including phenoxy) is 1. The second-order valence-corrected chi connectivity index (χ2v) is 4.47. The third kappa shape index (κ3) is 6.22. The number of methoxy groups -OCH3 is 1. The SMILES string of the molecule is CCc1cc(C(=O)NCCC(=O)NCCOC)cc(N)n1. The van der Waals surface area contributed by atoms with Crippen LogP contribution in [0.1, 0.15) is 29.4 Å². The van der Waals surface area contributed by atoms with Crippen molar-refractivity contribution in [3.8, 4) is 0 Å². The van der Waals surface area contributed by atoms with Crippen LogP contribution in [0, 0.1) is 0 Å². The van der Waals surface area contributed by atoms with Gasteiger partial charge in [0.05, 0.1) is 6.61 Å². The maximum absolute atomic E-state index is 12.0. The van der Waals surface area contributed by atoms with Crippen LogP contribution in [-0.4, -0.2) is 43.6 Å². The molecule has 0 bridgehead atoms. The second-order valence-electron chi connectivity index (χ2n) is 4.47. The molecule has 1 aromatic heterocycles. The molecular formula is C14H22N4O3. The number of anilines is 1. The summed E-state index contributed by atoms with van der Waals surface area (Å²) in [6.07, 6.45) is 0.921. The zero-order valence-corrected chi connectivity index (χ0v) is 12.4. The number of nitrogens with two attached hydrogens (primary N) is 1. The van der Waals surface area contributed by atoms with Crippen molar-refractivity contribution in [1.82, 2.24) is 15.6 Å². The molecule has 0 unspecified atom stereocenters. The van der Waals surface area contributed by atoms with Gasteiger partial charge in [-0.25, -0.2) is 4.98 Å². The Bertz CT molecular complexity index is 491. The minimum atomic E-state index is -0.261. The van der Waals surface area contributed by atoms with Crippen LogP contribution in [0.25, 0.3) is 0 Å². The van der Waals surface area contributed by atoms with Crippen molar-refractivity contribution in [3.05, 3.63) is 23.4 Å². The summed E-state index contributed by atoms with van der Waals surface area (Å²) in [7, 11) is 1.57. The van der Waals surface area contributed by atoms with Crippen LogP contribution in [0.15, 0.2) is 12.1 Å². The monoisotopic (exact) mass is 294 g/mol. The zero-order valence-electron chi connectivity index (χ0n) is 12.4. The van der Waals surface area contributed by atoms with E-state index < -0.39 is 0 Å². The fourth-order valence-corrected chi connectivity index (χ4v) is 1.70. The van der Waals surface area contributed by atoms with Crippen LogP contribution in [0.2, 0.25) is 0 Å². The minimum Gasteiger partial charge on any atom is -0.384 e. The van der Waals surface area contributed by atoms with Crippen molar-refractivity contribution in [1.29, 1.82) is 0 Å². The van der Waals surface area contributed by atoms with Gasteiger partial charge in [-0.15, -0.1) is 0 Å². The summed E-state index contributed by atoms with van der Waals surface area (Å²) in [4.78, 5) is 27.5. The van der Waals surface area contributed by atoms with E-state index in [9.17, 15) is 9.59 Å². The normalized spacial score (nSPS) is 10.2. The molecule has 1 heterocycles. The number of carbonyl (C=O) groups is 2. The molecule has 1 rings (SSSR count). The Labute approximate surface area is 124 Å². The van der Waals surface area contributed by atoms with Crippen molar-refractivity contribution in [2.24, 2.45) is 0 Å². The maximum Gasteiger partial charge on any atom is 0.251 e. The van der Waals surface area contributed by atoms with E-state index >= 15 is 0 Å². The van der Waals surface area contributed by atoms with E-state index in [1.54, 1.807) is 13.2 Å². The van der Waals surface area contributed by atoms with E-state index in [-0.39, 0.29) is 24.8 Å². The summed E-state index contributed by atoms with van der Waals surface area (Å²) in [6.45, 7) is 3.13. The number of nitrogen functional groups attached to an aromatic ring is 1. The molecule has 2 amide bonds. The van der Waals surface area contributed by atoms with E-state index in [0.29, 0.717) is 31.0 Å². The van der Waals surface area contributed by atoms with Crippen LogP contribution < -0.4 is 16.4 Å². The number of aryl methyl sites for hydroxylation is 1. The van der Waals surface area contributed by atoms with Crippen molar-refractivity contribution < 1.29 is 14.3 Å². The van der Waals surface area contributed by atoms with Gasteiger partial charge >= 0.3 is 0 Å². The van der Waals surface area contributed by atoms with Crippen LogP contribution in [0.3, 0.4) is 0 Å². The molecule has 0 aliphatic rings. The van der Waals surface area contributed by atoms with E-state index in [4.69, 9.17) is 10.5 Å². The first-order valence-corrected chi connectivity index (χ1v) is 6.87. The Morgan fingerprint density at radius 2 is 2.05 bits per heavy atom. The highest BCUT2D eigenvalue weighted by molar-refractivity contribution is 5.95. The molecule has 21 heavy (non-hydrogen) atoms. The van der Waals surface area contributed by atoms with Crippen molar-refractivity contribution in [3.63, 3.8) is 0 Å². The molecule has 4 N–H and O–H groups in total. The van der Waals surface area contributed by atoms with Gasteiger partial charge in [-0.3, -0.25) is 9.59 Å². The Morgan fingerprint density at radius 3 is 2.71 bits per heavy atom. The number of rotatable bonds is 8. The molecule has 0 spiro atoms. The third-order valence-electron chi connectivity index (χ3n) is 2.79. The highest BCUT2D eigenvalue weighted by Crippen LogP contribution is 2.08. The van der Waals surface area contributed by atoms with E-state index in [0.717, 1.165) is 5.69 Å². The van der Waals surface area contributed by atoms with Crippen LogP contribution in [0.5, 0.6) is 0 Å². The van der Waals surface area contributed by atoms with Gasteiger partial charge in [-0.2, -0.15) is 0 Å². The van der Waals surface area contributed by atoms with Crippen LogP contribution >= 0.6 is 0 Å². The number of pyridine rings is 1. The average Bonchev–Trinajstić information content (AvgIpc) is 2.46. The fraction of sp³-hybridized carbons (Fsp3) is 0.500. The minimum absolute atomic E-state index is 0.129. The molecule has 7 heteroatoms. The predicted octanol–water partition coefficient (Wildman–Crippen LogP) is 0.109. The Kier molecular flexibility index (Phi) is 7.17. The second kappa shape index (κ2) is 8.91. The molecule has 7 nitrogen and oxygen atoms in total. The molecule has 0 fully saturated rings. The highest BCUT2D eigenvalue weighted by Gasteiger charge is 2.09. The summed E-state index contributed by atoms with van der Waals surface area (Å²) in [5.74, 6) is -0.0730. The molecule has 0 saturated carbocycles. The maximum atomic E-state index is 12.0. The van der Waals surface area contributed by atoms with Crippen molar-refractivity contribution in [2.45, 2.75) is 19.8 Å². The molecule has 0 aromatic carbocycles. The summed E-state index contributed by atoms with van der Waals surface area (Å²) in [6, 6.07) is 3.22. The average molecular weight is 294 g/mol. The van der Waals surface area contributed by atoms with Gasteiger partial charge in [-0.05, 0) is 18.6 Å². The number of nitrogens with zero attached hydrogens (tertiary/aromatic N) is 1. The van der Waals surface area contributed by atoms with Crippen LogP contribution in [0.4, 0.5) is 5.82 Å². The van der Waals surface area contributed by atoms with E-state index in [1.807, 2.05) is 6.92 Å². The summed E-state index contributed by atoms with van der Waals surface area (Å²) in [5, 5.41) is 5.36. The van der Waals surface area contributed by atoms with E-state index in [1.165, 1.54) is 6.07 Å². The lowest BCUT2D eigenvalue weighted by molar-refractivity contribution is -0.121. The smallest absolute Gasteiger partial charge is 0.251 e. The summed E-state index contributed by atoms with van der Waals surface area (Å²) >= 11 is 0. The number of amides is 2. The lowest BCUT2D eigenvalue weighted by Crippen LogP contribution is -2.32. The van der Waals surface area contributed by atoms with Crippen molar-refractivity contribution >= 4 is 17.6 Å². The first-order chi connectivity index (χ1) is 10.1. The zero-order chi connectivity index (χ0) is 15.7. The van der Waals surface area contributed by atoms with Crippen molar-refractivity contribution in [2.75, 3.05) is 32.5 Å².